The molecule has 0 aromatic carbocycles. The Morgan fingerprint density at radius 1 is 0.412 bits per heavy atom. The molecule has 4 N–H and O–H groups in total. The molecule has 0 heterocycles. The van der Waals surface area contributed by atoms with Crippen LogP contribution in [0.25, 0.3) is 0 Å². The van der Waals surface area contributed by atoms with Crippen LogP contribution in [0.3, 0.4) is 0 Å². The Hall–Kier alpha value is 0.944. The van der Waals surface area contributed by atoms with Gasteiger partial charge < -0.3 is 20.4 Å². The van der Waals surface area contributed by atoms with Gasteiger partial charge in [0, 0.05) is 57.1 Å². The van der Waals surface area contributed by atoms with Gasteiger partial charge in [0.25, 0.3) is 0 Å². The predicted octanol–water partition coefficient (Wildman–Crippen LogP) is 1.55. The van der Waals surface area contributed by atoms with Gasteiger partial charge in [-0.3, -0.25) is 0 Å². The molecule has 0 saturated carbocycles. The Bertz CT molecular complexity index is 61.5. The van der Waals surface area contributed by atoms with Gasteiger partial charge in [-0.1, -0.05) is 0 Å². The van der Waals surface area contributed by atoms with E-state index in [9.17, 15) is 0 Å². The van der Waals surface area contributed by atoms with E-state index in [0.29, 0.717) is 0 Å². The topological polar surface area (TPSA) is 80.9 Å². The van der Waals surface area contributed by atoms with Crippen molar-refractivity contribution in [3.8, 4) is 0 Å². The van der Waals surface area contributed by atoms with E-state index in [1.165, 1.54) is 0 Å². The van der Waals surface area contributed by atoms with Crippen LogP contribution in [-0.2, 0) is 32.7 Å². The molecule has 5 heteroatoms. The van der Waals surface area contributed by atoms with Crippen molar-refractivity contribution in [2.24, 2.45) is 0 Å². The molecule has 0 spiro atoms. The number of aliphatic hydroxyl groups excluding tert-OH is 4. The number of hydrogen-bond acceptors (Lipinski definition) is 4. The molecule has 0 aliphatic carbocycles. The van der Waals surface area contributed by atoms with Crippen LogP contribution in [0.5, 0.6) is 0 Å². The number of aliphatic hydroxyl groups is 4. The summed E-state index contributed by atoms with van der Waals surface area (Å²) in [4.78, 5) is 0. The Kier molecular flexibility index (Phi) is 46.5. The monoisotopic (exact) mass is 329 g/mol. The van der Waals surface area contributed by atoms with Crippen molar-refractivity contribution in [2.75, 3.05) is 0 Å². The number of rotatable bonds is 0. The van der Waals surface area contributed by atoms with Crippen molar-refractivity contribution in [3.05, 3.63) is 0 Å². The standard InChI is InChI=1S/4C3H8O.Y/c4*1-3(2)4;/h4*3-4H,1-2H3;. The van der Waals surface area contributed by atoms with Crippen LogP contribution in [-0.4, -0.2) is 44.8 Å². The minimum Gasteiger partial charge on any atom is -0.394 e. The van der Waals surface area contributed by atoms with Gasteiger partial charge in [0.05, 0.1) is 0 Å². The molecule has 0 aliphatic heterocycles. The molecule has 0 fully saturated rings. The van der Waals surface area contributed by atoms with E-state index in [2.05, 4.69) is 0 Å². The SMILES string of the molecule is CC(C)O.CC(C)O.CC(C)O.CC(C)O.[Y]. The van der Waals surface area contributed by atoms with Gasteiger partial charge in [-0.15, -0.1) is 0 Å². The van der Waals surface area contributed by atoms with E-state index >= 15 is 0 Å². The van der Waals surface area contributed by atoms with Gasteiger partial charge in [0.15, 0.2) is 0 Å². The third-order valence-corrected chi connectivity index (χ3v) is 0. The second-order valence-electron chi connectivity index (χ2n) is 4.37. The first kappa shape index (κ1) is 30.7. The normalized spacial score (nSPS) is 8.47. The van der Waals surface area contributed by atoms with Crippen LogP contribution in [0, 0.1) is 0 Å². The molecule has 0 amide bonds. The average Bonchev–Trinajstić information content (AvgIpc) is 1.76. The fourth-order valence-corrected chi connectivity index (χ4v) is 0. The van der Waals surface area contributed by atoms with E-state index in [1.807, 2.05) is 0 Å². The van der Waals surface area contributed by atoms with Crippen molar-refractivity contribution in [3.63, 3.8) is 0 Å². The van der Waals surface area contributed by atoms with Gasteiger partial charge in [-0.25, -0.2) is 0 Å². The smallest absolute Gasteiger partial charge is 0.0483 e. The first-order valence-electron chi connectivity index (χ1n) is 5.65. The molecule has 0 aromatic rings. The molecule has 1 radical (unpaired) electrons. The maximum absolute atomic E-state index is 8.06. The third kappa shape index (κ3) is 4250. The van der Waals surface area contributed by atoms with Crippen molar-refractivity contribution in [1.82, 2.24) is 0 Å². The Balaban J connectivity index is -0.0000000369. The molecule has 0 rings (SSSR count). The molecular formula is C12H32O4Y. The summed E-state index contributed by atoms with van der Waals surface area (Å²) < 4.78 is 0. The molecule has 0 aliphatic rings. The van der Waals surface area contributed by atoms with Crippen LogP contribution in [0.1, 0.15) is 55.4 Å². The zero-order valence-electron chi connectivity index (χ0n) is 12.7. The van der Waals surface area contributed by atoms with Crippen LogP contribution in [0.15, 0.2) is 0 Å². The van der Waals surface area contributed by atoms with Gasteiger partial charge >= 0.3 is 0 Å². The Morgan fingerprint density at radius 3 is 0.412 bits per heavy atom. The number of hydrogen-bond donors (Lipinski definition) is 4. The molecule has 0 aromatic heterocycles. The summed E-state index contributed by atoms with van der Waals surface area (Å²) in [6, 6.07) is 0. The minimum absolute atomic E-state index is 0. The summed E-state index contributed by atoms with van der Waals surface area (Å²) in [6.07, 6.45) is -0.667. The van der Waals surface area contributed by atoms with Crippen molar-refractivity contribution < 1.29 is 53.1 Å². The average molecular weight is 329 g/mol. The molecule has 0 bridgehead atoms. The second-order valence-corrected chi connectivity index (χ2v) is 4.37. The molecule has 107 valence electrons. The molecular weight excluding hydrogens is 297 g/mol. The summed E-state index contributed by atoms with van der Waals surface area (Å²) in [7, 11) is 0. The first-order valence-corrected chi connectivity index (χ1v) is 5.65. The van der Waals surface area contributed by atoms with Crippen molar-refractivity contribution in [2.45, 2.75) is 79.8 Å². The fraction of sp³-hybridized carbons (Fsp3) is 1.00. The summed E-state index contributed by atoms with van der Waals surface area (Å²) in [6.45, 7) is 13.8. The Labute approximate surface area is 132 Å². The minimum atomic E-state index is -0.167. The van der Waals surface area contributed by atoms with Gasteiger partial charge in [-0.05, 0) is 55.4 Å². The molecule has 0 atom stereocenters. The Morgan fingerprint density at radius 2 is 0.412 bits per heavy atom. The van der Waals surface area contributed by atoms with E-state index in [-0.39, 0.29) is 57.1 Å². The molecule has 0 unspecified atom stereocenters. The van der Waals surface area contributed by atoms with Crippen LogP contribution >= 0.6 is 0 Å². The third-order valence-electron chi connectivity index (χ3n) is 0. The van der Waals surface area contributed by atoms with Gasteiger partial charge in [-0.2, -0.15) is 0 Å². The van der Waals surface area contributed by atoms with Crippen LogP contribution in [0.4, 0.5) is 0 Å². The summed E-state index contributed by atoms with van der Waals surface area (Å²) in [5.41, 5.74) is 0. The largest absolute Gasteiger partial charge is 0.394 e. The quantitative estimate of drug-likeness (QED) is 0.544. The van der Waals surface area contributed by atoms with Crippen molar-refractivity contribution >= 4 is 0 Å². The summed E-state index contributed by atoms with van der Waals surface area (Å²) in [5.74, 6) is 0. The van der Waals surface area contributed by atoms with E-state index < -0.39 is 0 Å². The van der Waals surface area contributed by atoms with E-state index in [0.717, 1.165) is 0 Å². The van der Waals surface area contributed by atoms with E-state index in [4.69, 9.17) is 20.4 Å². The second kappa shape index (κ2) is 25.7. The van der Waals surface area contributed by atoms with Crippen molar-refractivity contribution in [1.29, 1.82) is 0 Å². The van der Waals surface area contributed by atoms with Crippen LogP contribution < -0.4 is 0 Å². The molecule has 17 heavy (non-hydrogen) atoms. The van der Waals surface area contributed by atoms with Gasteiger partial charge in [0.1, 0.15) is 0 Å². The van der Waals surface area contributed by atoms with Gasteiger partial charge in [0.2, 0.25) is 0 Å². The first-order chi connectivity index (χ1) is 6.93. The van der Waals surface area contributed by atoms with Crippen LogP contribution in [0.2, 0.25) is 0 Å². The zero-order chi connectivity index (χ0) is 14.3. The zero-order valence-corrected chi connectivity index (χ0v) is 15.5. The maximum atomic E-state index is 8.06. The summed E-state index contributed by atoms with van der Waals surface area (Å²) >= 11 is 0. The maximum Gasteiger partial charge on any atom is 0.0483 e. The summed E-state index contributed by atoms with van der Waals surface area (Å²) in [5, 5.41) is 32.2. The molecule has 4 nitrogen and oxygen atoms in total. The van der Waals surface area contributed by atoms with E-state index in [1.54, 1.807) is 55.4 Å². The fourth-order valence-electron chi connectivity index (χ4n) is 0. The predicted molar refractivity (Wildman–Crippen MR) is 69.4 cm³/mol. The molecule has 0 saturated heterocycles.